The summed E-state index contributed by atoms with van der Waals surface area (Å²) in [5, 5.41) is 6.70. The number of rotatable bonds is 7. The first-order valence-corrected chi connectivity index (χ1v) is 9.61. The summed E-state index contributed by atoms with van der Waals surface area (Å²) in [6, 6.07) is 0. The fraction of sp³-hybridized carbons (Fsp3) is 0.765. The van der Waals surface area contributed by atoms with Gasteiger partial charge in [-0.05, 0) is 38.5 Å². The zero-order valence-electron chi connectivity index (χ0n) is 15.1. The second-order valence-corrected chi connectivity index (χ2v) is 6.96. The van der Waals surface area contributed by atoms with Crippen LogP contribution in [0.25, 0.3) is 0 Å². The lowest BCUT2D eigenvalue weighted by atomic mass is 9.96. The number of guanidine groups is 1. The summed E-state index contributed by atoms with van der Waals surface area (Å²) >= 11 is 1.73. The minimum Gasteiger partial charge on any atom is -0.381 e. The van der Waals surface area contributed by atoms with E-state index in [1.165, 1.54) is 24.3 Å². The maximum Gasteiger partial charge on any atom is 0.194 e. The summed E-state index contributed by atoms with van der Waals surface area (Å²) < 4.78 is 5.44. The van der Waals surface area contributed by atoms with Gasteiger partial charge >= 0.3 is 0 Å². The lowest BCUT2D eigenvalue weighted by molar-refractivity contribution is 0.0625. The number of ether oxygens (including phenoxy) is 1. The van der Waals surface area contributed by atoms with Crippen LogP contribution in [0.3, 0.4) is 0 Å². The molecule has 1 N–H and O–H groups in total. The van der Waals surface area contributed by atoms with Crippen LogP contribution in [-0.4, -0.2) is 49.2 Å². The van der Waals surface area contributed by atoms with Gasteiger partial charge in [0.2, 0.25) is 0 Å². The van der Waals surface area contributed by atoms with Gasteiger partial charge in [0.25, 0.3) is 0 Å². The Morgan fingerprint density at radius 2 is 2.17 bits per heavy atom. The third kappa shape index (κ3) is 7.23. The first-order valence-electron chi connectivity index (χ1n) is 8.73. The fourth-order valence-electron chi connectivity index (χ4n) is 2.73. The summed E-state index contributed by atoms with van der Waals surface area (Å²) in [5.74, 6) is 1.77. The lowest BCUT2D eigenvalue weighted by Gasteiger charge is -2.26. The predicted octanol–water partition coefficient (Wildman–Crippen LogP) is 3.54. The number of nitrogens with one attached hydrogen (secondary N) is 1. The molecular weight excluding hydrogens is 435 g/mol. The summed E-state index contributed by atoms with van der Waals surface area (Å²) in [5.41, 5.74) is 1.07. The van der Waals surface area contributed by atoms with Crippen LogP contribution in [0, 0.1) is 5.92 Å². The van der Waals surface area contributed by atoms with E-state index in [2.05, 4.69) is 41.5 Å². The Morgan fingerprint density at radius 1 is 1.42 bits per heavy atom. The Labute approximate surface area is 167 Å². The van der Waals surface area contributed by atoms with Crippen LogP contribution in [0.2, 0.25) is 0 Å². The highest BCUT2D eigenvalue weighted by Gasteiger charge is 2.15. The van der Waals surface area contributed by atoms with Crippen molar-refractivity contribution in [2.45, 2.75) is 46.1 Å². The van der Waals surface area contributed by atoms with E-state index in [-0.39, 0.29) is 24.0 Å². The molecule has 5 nitrogen and oxygen atoms in total. The van der Waals surface area contributed by atoms with Crippen molar-refractivity contribution >= 4 is 41.3 Å². The van der Waals surface area contributed by atoms with Gasteiger partial charge in [0, 0.05) is 38.7 Å². The fourth-order valence-corrected chi connectivity index (χ4v) is 3.46. The van der Waals surface area contributed by atoms with Crippen molar-refractivity contribution < 1.29 is 4.74 Å². The van der Waals surface area contributed by atoms with Crippen molar-refractivity contribution in [3.05, 3.63) is 16.1 Å². The van der Waals surface area contributed by atoms with Crippen molar-refractivity contribution in [3.8, 4) is 0 Å². The summed E-state index contributed by atoms with van der Waals surface area (Å²) in [6.07, 6.45) is 4.60. The minimum absolute atomic E-state index is 0. The van der Waals surface area contributed by atoms with Gasteiger partial charge in [0.15, 0.2) is 5.96 Å². The van der Waals surface area contributed by atoms with Crippen LogP contribution in [0.1, 0.15) is 43.8 Å². The third-order valence-corrected chi connectivity index (χ3v) is 5.24. The smallest absolute Gasteiger partial charge is 0.194 e. The molecule has 0 saturated carbocycles. The van der Waals surface area contributed by atoms with Crippen LogP contribution < -0.4 is 5.32 Å². The molecule has 0 atom stereocenters. The van der Waals surface area contributed by atoms with E-state index >= 15 is 0 Å². The molecule has 7 heteroatoms. The highest BCUT2D eigenvalue weighted by Crippen LogP contribution is 2.18. The standard InChI is InChI=1S/C17H30N4OS.HI/c1-4-16-20-15(13-23-16)12-19-17(18-5-2)21(3)9-6-14-7-10-22-11-8-14;/h13-14H,4-12H2,1-3H3,(H,18,19);1H. The number of aliphatic imine (C=N–C) groups is 1. The monoisotopic (exact) mass is 466 g/mol. The Bertz CT molecular complexity index is 489. The lowest BCUT2D eigenvalue weighted by Crippen LogP contribution is -2.40. The Hall–Kier alpha value is -0.410. The van der Waals surface area contributed by atoms with Crippen LogP contribution in [0.4, 0.5) is 0 Å². The van der Waals surface area contributed by atoms with Gasteiger partial charge in [-0.25, -0.2) is 9.98 Å². The third-order valence-electron chi connectivity index (χ3n) is 4.20. The molecule has 1 fully saturated rings. The van der Waals surface area contributed by atoms with Crippen LogP contribution in [0.5, 0.6) is 0 Å². The predicted molar refractivity (Wildman–Crippen MR) is 113 cm³/mol. The van der Waals surface area contributed by atoms with Gasteiger partial charge in [0.1, 0.15) is 0 Å². The second-order valence-electron chi connectivity index (χ2n) is 6.02. The molecule has 0 amide bonds. The van der Waals surface area contributed by atoms with E-state index in [4.69, 9.17) is 9.73 Å². The van der Waals surface area contributed by atoms with Crippen LogP contribution in [0.15, 0.2) is 10.4 Å². The minimum atomic E-state index is 0. The molecule has 1 aliphatic rings. The molecular formula is C17H31IN4OS. The summed E-state index contributed by atoms with van der Waals surface area (Å²) in [7, 11) is 2.12. The summed E-state index contributed by atoms with van der Waals surface area (Å²) in [4.78, 5) is 11.6. The number of halogens is 1. The van der Waals surface area contributed by atoms with E-state index in [0.717, 1.165) is 50.3 Å². The molecule has 0 spiro atoms. The maximum atomic E-state index is 5.44. The van der Waals surface area contributed by atoms with Gasteiger partial charge in [-0.1, -0.05) is 6.92 Å². The van der Waals surface area contributed by atoms with Gasteiger partial charge in [-0.15, -0.1) is 35.3 Å². The van der Waals surface area contributed by atoms with Gasteiger partial charge < -0.3 is 15.0 Å². The highest BCUT2D eigenvalue weighted by atomic mass is 127. The normalized spacial score (nSPS) is 15.9. The van der Waals surface area contributed by atoms with E-state index in [1.54, 1.807) is 11.3 Å². The Kier molecular flexibility index (Phi) is 10.8. The number of nitrogens with zero attached hydrogens (tertiary/aromatic N) is 3. The van der Waals surface area contributed by atoms with Crippen molar-refractivity contribution in [2.75, 3.05) is 33.4 Å². The number of aryl methyl sites for hydroxylation is 1. The first kappa shape index (κ1) is 21.6. The number of aromatic nitrogens is 1. The van der Waals surface area contributed by atoms with Gasteiger partial charge in [0.05, 0.1) is 17.2 Å². The van der Waals surface area contributed by atoms with Crippen molar-refractivity contribution in [3.63, 3.8) is 0 Å². The molecule has 138 valence electrons. The second kappa shape index (κ2) is 12.0. The molecule has 0 radical (unpaired) electrons. The Morgan fingerprint density at radius 3 is 2.79 bits per heavy atom. The molecule has 0 bridgehead atoms. The number of hydrogen-bond acceptors (Lipinski definition) is 4. The zero-order chi connectivity index (χ0) is 16.5. The van der Waals surface area contributed by atoms with E-state index < -0.39 is 0 Å². The molecule has 0 aromatic carbocycles. The largest absolute Gasteiger partial charge is 0.381 e. The molecule has 1 aromatic rings. The quantitative estimate of drug-likeness (QED) is 0.380. The van der Waals surface area contributed by atoms with Crippen molar-refractivity contribution in [1.29, 1.82) is 0 Å². The SMILES string of the molecule is CCNC(=NCc1csc(CC)n1)N(C)CCC1CCOCC1.I. The van der Waals surface area contributed by atoms with Crippen molar-refractivity contribution in [2.24, 2.45) is 10.9 Å². The van der Waals surface area contributed by atoms with Gasteiger partial charge in [-0.3, -0.25) is 0 Å². The van der Waals surface area contributed by atoms with E-state index in [0.29, 0.717) is 6.54 Å². The maximum absolute atomic E-state index is 5.44. The molecule has 0 unspecified atom stereocenters. The van der Waals surface area contributed by atoms with Crippen LogP contribution >= 0.6 is 35.3 Å². The molecule has 2 rings (SSSR count). The molecule has 1 aromatic heterocycles. The molecule has 0 aliphatic carbocycles. The van der Waals surface area contributed by atoms with E-state index in [1.807, 2.05) is 0 Å². The average Bonchev–Trinajstić information content (AvgIpc) is 3.05. The highest BCUT2D eigenvalue weighted by molar-refractivity contribution is 14.0. The number of hydrogen-bond donors (Lipinski definition) is 1. The van der Waals surface area contributed by atoms with Gasteiger partial charge in [-0.2, -0.15) is 0 Å². The molecule has 1 saturated heterocycles. The van der Waals surface area contributed by atoms with Crippen LogP contribution in [-0.2, 0) is 17.7 Å². The average molecular weight is 466 g/mol. The van der Waals surface area contributed by atoms with Crippen molar-refractivity contribution in [1.82, 2.24) is 15.2 Å². The van der Waals surface area contributed by atoms with E-state index in [9.17, 15) is 0 Å². The molecule has 24 heavy (non-hydrogen) atoms. The molecule has 2 heterocycles. The topological polar surface area (TPSA) is 49.8 Å². The number of thiazole rings is 1. The molecule has 1 aliphatic heterocycles. The summed E-state index contributed by atoms with van der Waals surface area (Å²) in [6.45, 7) is 8.67. The first-order chi connectivity index (χ1) is 11.2. The Balaban J connectivity index is 0.00000288. The zero-order valence-corrected chi connectivity index (χ0v) is 18.2.